The van der Waals surface area contributed by atoms with E-state index in [-0.39, 0.29) is 12.4 Å². The van der Waals surface area contributed by atoms with Gasteiger partial charge in [0.15, 0.2) is 5.78 Å². The zero-order chi connectivity index (χ0) is 9.68. The highest BCUT2D eigenvalue weighted by Crippen LogP contribution is 2.14. The Labute approximate surface area is 82.5 Å². The predicted molar refractivity (Wildman–Crippen MR) is 54.5 cm³/mol. The van der Waals surface area contributed by atoms with Crippen LogP contribution >= 0.6 is 11.3 Å². The fraction of sp³-hybridized carbons (Fsp3) is 0.500. The van der Waals surface area contributed by atoms with E-state index in [1.165, 1.54) is 0 Å². The lowest BCUT2D eigenvalue weighted by atomic mass is 10.1. The zero-order valence-electron chi connectivity index (χ0n) is 8.00. The van der Waals surface area contributed by atoms with E-state index >= 15 is 0 Å². The fourth-order valence-corrected chi connectivity index (χ4v) is 1.89. The highest BCUT2D eigenvalue weighted by Gasteiger charge is 2.09. The minimum atomic E-state index is 0.0900. The van der Waals surface area contributed by atoms with Crippen LogP contribution in [0.4, 0.5) is 0 Å². The summed E-state index contributed by atoms with van der Waals surface area (Å²) < 4.78 is 5.18. The van der Waals surface area contributed by atoms with Crippen molar-refractivity contribution < 1.29 is 9.53 Å². The minimum absolute atomic E-state index is 0.0900. The molecule has 1 aromatic heterocycles. The van der Waals surface area contributed by atoms with Crippen LogP contribution in [0.2, 0.25) is 0 Å². The van der Waals surface area contributed by atoms with Gasteiger partial charge in [-0.15, -0.1) is 0 Å². The molecule has 0 fully saturated rings. The molecule has 1 heterocycles. The number of ether oxygens (including phenoxy) is 1. The Hall–Kier alpha value is -0.670. The second-order valence-electron chi connectivity index (χ2n) is 2.94. The molecule has 0 unspecified atom stereocenters. The summed E-state index contributed by atoms with van der Waals surface area (Å²) >= 11 is 1.56. The number of hydrogen-bond acceptors (Lipinski definition) is 3. The van der Waals surface area contributed by atoms with Crippen LogP contribution in [0, 0.1) is 6.92 Å². The average molecular weight is 198 g/mol. The standard InChI is InChI=1S/C10H14O2S/c1-3-4-12-5-10(11)9-7-13-6-8(9)2/h6-7H,3-5H2,1-2H3. The van der Waals surface area contributed by atoms with Crippen LogP contribution in [-0.4, -0.2) is 19.0 Å². The summed E-state index contributed by atoms with van der Waals surface area (Å²) in [5, 5.41) is 3.86. The van der Waals surface area contributed by atoms with Crippen LogP contribution in [0.5, 0.6) is 0 Å². The summed E-state index contributed by atoms with van der Waals surface area (Å²) in [4.78, 5) is 11.5. The molecule has 72 valence electrons. The number of carbonyl (C=O) groups excluding carboxylic acids is 1. The first kappa shape index (κ1) is 10.4. The Morgan fingerprint density at radius 2 is 2.31 bits per heavy atom. The van der Waals surface area contributed by atoms with Gasteiger partial charge in [-0.25, -0.2) is 0 Å². The molecule has 13 heavy (non-hydrogen) atoms. The number of hydrogen-bond donors (Lipinski definition) is 0. The molecule has 0 aliphatic carbocycles. The van der Waals surface area contributed by atoms with Crippen LogP contribution in [0.1, 0.15) is 29.3 Å². The normalized spacial score (nSPS) is 10.3. The van der Waals surface area contributed by atoms with Gasteiger partial charge in [0.1, 0.15) is 6.61 Å². The third kappa shape index (κ3) is 2.94. The van der Waals surface area contributed by atoms with Gasteiger partial charge in [0.25, 0.3) is 0 Å². The van der Waals surface area contributed by atoms with Gasteiger partial charge >= 0.3 is 0 Å². The van der Waals surface area contributed by atoms with Crippen molar-refractivity contribution in [3.8, 4) is 0 Å². The van der Waals surface area contributed by atoms with Gasteiger partial charge in [0.2, 0.25) is 0 Å². The van der Waals surface area contributed by atoms with Gasteiger partial charge in [-0.3, -0.25) is 4.79 Å². The lowest BCUT2D eigenvalue weighted by Crippen LogP contribution is -2.09. The minimum Gasteiger partial charge on any atom is -0.373 e. The summed E-state index contributed by atoms with van der Waals surface area (Å²) in [6.45, 7) is 4.85. The molecule has 2 nitrogen and oxygen atoms in total. The molecule has 1 rings (SSSR count). The number of aryl methyl sites for hydroxylation is 1. The molecule has 0 spiro atoms. The van der Waals surface area contributed by atoms with Crippen LogP contribution in [0.15, 0.2) is 10.8 Å². The molecular formula is C10H14O2S. The molecule has 0 saturated heterocycles. The number of Topliss-reactive ketones (excluding diaryl/α,β-unsaturated/α-hetero) is 1. The molecule has 0 amide bonds. The van der Waals surface area contributed by atoms with Gasteiger partial charge in [0, 0.05) is 17.6 Å². The molecule has 0 radical (unpaired) electrons. The van der Waals surface area contributed by atoms with Crippen LogP contribution < -0.4 is 0 Å². The molecule has 0 aliphatic rings. The second kappa shape index (κ2) is 5.14. The second-order valence-corrected chi connectivity index (χ2v) is 3.69. The lowest BCUT2D eigenvalue weighted by Gasteiger charge is -2.00. The Kier molecular flexibility index (Phi) is 4.12. The highest BCUT2D eigenvalue weighted by molar-refractivity contribution is 7.08. The molecule has 0 atom stereocenters. The largest absolute Gasteiger partial charge is 0.373 e. The number of carbonyl (C=O) groups is 1. The van der Waals surface area contributed by atoms with Gasteiger partial charge < -0.3 is 4.74 Å². The van der Waals surface area contributed by atoms with Crippen LogP contribution in [-0.2, 0) is 4.74 Å². The predicted octanol–water partition coefficient (Wildman–Crippen LogP) is 2.67. The van der Waals surface area contributed by atoms with Crippen molar-refractivity contribution in [3.63, 3.8) is 0 Å². The van der Waals surface area contributed by atoms with Crippen molar-refractivity contribution in [3.05, 3.63) is 21.9 Å². The molecule has 1 aromatic rings. The van der Waals surface area contributed by atoms with E-state index in [0.717, 1.165) is 17.5 Å². The van der Waals surface area contributed by atoms with Crippen molar-refractivity contribution in [1.82, 2.24) is 0 Å². The van der Waals surface area contributed by atoms with Crippen molar-refractivity contribution in [2.45, 2.75) is 20.3 Å². The highest BCUT2D eigenvalue weighted by atomic mass is 32.1. The van der Waals surface area contributed by atoms with Crippen molar-refractivity contribution in [1.29, 1.82) is 0 Å². The van der Waals surface area contributed by atoms with E-state index in [2.05, 4.69) is 0 Å². The SMILES string of the molecule is CCCOCC(=O)c1cscc1C. The summed E-state index contributed by atoms with van der Waals surface area (Å²) in [6.07, 6.45) is 0.954. The third-order valence-electron chi connectivity index (χ3n) is 1.74. The Balaban J connectivity index is 2.45. The maximum absolute atomic E-state index is 11.5. The van der Waals surface area contributed by atoms with E-state index < -0.39 is 0 Å². The number of rotatable bonds is 5. The first-order chi connectivity index (χ1) is 6.25. The van der Waals surface area contributed by atoms with Crippen molar-refractivity contribution in [2.24, 2.45) is 0 Å². The summed E-state index contributed by atoms with van der Waals surface area (Å²) in [5.41, 5.74) is 1.86. The zero-order valence-corrected chi connectivity index (χ0v) is 8.82. The Bertz CT molecular complexity index is 278. The average Bonchev–Trinajstić information content (AvgIpc) is 2.52. The molecule has 0 bridgehead atoms. The summed E-state index contributed by atoms with van der Waals surface area (Å²) in [6, 6.07) is 0. The lowest BCUT2D eigenvalue weighted by molar-refractivity contribution is 0.0761. The summed E-state index contributed by atoms with van der Waals surface area (Å²) in [5.74, 6) is 0.0900. The van der Waals surface area contributed by atoms with E-state index in [1.54, 1.807) is 11.3 Å². The first-order valence-corrected chi connectivity index (χ1v) is 5.33. The van der Waals surface area contributed by atoms with E-state index in [0.29, 0.717) is 6.61 Å². The topological polar surface area (TPSA) is 26.3 Å². The van der Waals surface area contributed by atoms with Gasteiger partial charge in [0.05, 0.1) is 0 Å². The smallest absolute Gasteiger partial charge is 0.189 e. The van der Waals surface area contributed by atoms with E-state index in [9.17, 15) is 4.79 Å². The quantitative estimate of drug-likeness (QED) is 0.537. The van der Waals surface area contributed by atoms with Crippen LogP contribution in [0.25, 0.3) is 0 Å². The maximum atomic E-state index is 11.5. The summed E-state index contributed by atoms with van der Waals surface area (Å²) in [7, 11) is 0. The molecule has 0 N–H and O–H groups in total. The van der Waals surface area contributed by atoms with Crippen molar-refractivity contribution in [2.75, 3.05) is 13.2 Å². The first-order valence-electron chi connectivity index (χ1n) is 4.39. The molecular weight excluding hydrogens is 184 g/mol. The van der Waals surface area contributed by atoms with E-state index in [1.807, 2.05) is 24.6 Å². The number of ketones is 1. The molecule has 0 aromatic carbocycles. The molecule has 0 saturated carbocycles. The Morgan fingerprint density at radius 1 is 1.54 bits per heavy atom. The van der Waals surface area contributed by atoms with E-state index in [4.69, 9.17) is 4.74 Å². The van der Waals surface area contributed by atoms with Gasteiger partial charge in [-0.2, -0.15) is 11.3 Å². The van der Waals surface area contributed by atoms with Gasteiger partial charge in [-0.05, 0) is 24.3 Å². The monoisotopic (exact) mass is 198 g/mol. The number of thiophene rings is 1. The fourth-order valence-electron chi connectivity index (χ4n) is 1.03. The van der Waals surface area contributed by atoms with Gasteiger partial charge in [-0.1, -0.05) is 6.92 Å². The molecule has 0 aliphatic heterocycles. The Morgan fingerprint density at radius 3 is 2.85 bits per heavy atom. The molecule has 3 heteroatoms. The third-order valence-corrected chi connectivity index (χ3v) is 2.60. The maximum Gasteiger partial charge on any atom is 0.189 e. The van der Waals surface area contributed by atoms with Crippen molar-refractivity contribution >= 4 is 17.1 Å². The van der Waals surface area contributed by atoms with Crippen LogP contribution in [0.3, 0.4) is 0 Å².